The summed E-state index contributed by atoms with van der Waals surface area (Å²) in [6.45, 7) is 3.44. The first-order valence-electron chi connectivity index (χ1n) is 8.34. The lowest BCUT2D eigenvalue weighted by molar-refractivity contribution is -0.111. The summed E-state index contributed by atoms with van der Waals surface area (Å²) in [5.74, 6) is -2.64. The molecule has 1 N–H and O–H groups in total. The maximum absolute atomic E-state index is 13.2. The summed E-state index contributed by atoms with van der Waals surface area (Å²) in [4.78, 5) is 11.5. The molecule has 1 heterocycles. The molecular formula is C19H21F2N3O. The lowest BCUT2D eigenvalue weighted by atomic mass is 9.86. The lowest BCUT2D eigenvalue weighted by Gasteiger charge is -2.26. The first-order valence-corrected chi connectivity index (χ1v) is 8.34. The summed E-state index contributed by atoms with van der Waals surface area (Å²) >= 11 is 0. The first-order chi connectivity index (χ1) is 11.9. The Hall–Kier alpha value is -2.50. The van der Waals surface area contributed by atoms with Crippen LogP contribution in [0.4, 0.5) is 14.5 Å². The minimum atomic E-state index is -2.51. The third kappa shape index (κ3) is 3.95. The van der Waals surface area contributed by atoms with E-state index in [-0.39, 0.29) is 24.7 Å². The Labute approximate surface area is 145 Å². The Bertz CT molecular complexity index is 829. The Morgan fingerprint density at radius 1 is 1.40 bits per heavy atom. The zero-order valence-corrected chi connectivity index (χ0v) is 14.1. The van der Waals surface area contributed by atoms with Gasteiger partial charge in [-0.1, -0.05) is 12.7 Å². The number of nitrogens with one attached hydrogen (secondary N) is 1. The number of fused-ring (bicyclic) bond motifs is 1. The second kappa shape index (κ2) is 6.78. The van der Waals surface area contributed by atoms with Crippen LogP contribution in [0.25, 0.3) is 17.0 Å². The smallest absolute Gasteiger partial charge is 0.248 e. The molecule has 1 amide bonds. The van der Waals surface area contributed by atoms with Crippen molar-refractivity contribution in [2.24, 2.45) is 13.0 Å². The number of halogens is 2. The monoisotopic (exact) mass is 345 g/mol. The molecule has 0 aliphatic heterocycles. The molecule has 4 nitrogen and oxygen atoms in total. The molecule has 1 aromatic carbocycles. The highest BCUT2D eigenvalue weighted by atomic mass is 19.3. The standard InChI is InChI=1S/C19H21F2N3O/c1-3-18(25)22-14-5-7-17-15(12-14)16(23-24(17)2)6-4-13-8-10-19(20,21)11-9-13/h3-7,12-13H,1,8-11H2,2H3,(H,22,25)/b6-4+. The lowest BCUT2D eigenvalue weighted by Crippen LogP contribution is -2.23. The molecule has 6 heteroatoms. The Kier molecular flexibility index (Phi) is 4.70. The quantitative estimate of drug-likeness (QED) is 0.827. The fourth-order valence-electron chi connectivity index (χ4n) is 3.17. The molecule has 1 aliphatic carbocycles. The molecule has 0 radical (unpaired) electrons. The van der Waals surface area contributed by atoms with Gasteiger partial charge < -0.3 is 5.32 Å². The molecule has 0 atom stereocenters. The van der Waals surface area contributed by atoms with E-state index >= 15 is 0 Å². The average molecular weight is 345 g/mol. The van der Waals surface area contributed by atoms with Crippen molar-refractivity contribution in [3.8, 4) is 0 Å². The molecule has 1 aromatic heterocycles. The van der Waals surface area contributed by atoms with Crippen LogP contribution in [0.15, 0.2) is 36.9 Å². The fourth-order valence-corrected chi connectivity index (χ4v) is 3.17. The molecule has 25 heavy (non-hydrogen) atoms. The number of aromatic nitrogens is 2. The molecule has 0 spiro atoms. The normalized spacial score (nSPS) is 17.9. The molecule has 1 fully saturated rings. The predicted molar refractivity (Wildman–Crippen MR) is 95.5 cm³/mol. The molecule has 1 aliphatic rings. The van der Waals surface area contributed by atoms with Crippen LogP contribution in [0, 0.1) is 5.92 Å². The van der Waals surface area contributed by atoms with Gasteiger partial charge in [-0.25, -0.2) is 8.78 Å². The number of anilines is 1. The molecule has 3 rings (SSSR count). The maximum atomic E-state index is 13.2. The zero-order chi connectivity index (χ0) is 18.0. The van der Waals surface area contributed by atoms with Crippen LogP contribution < -0.4 is 5.32 Å². The number of benzene rings is 1. The van der Waals surface area contributed by atoms with Crippen molar-refractivity contribution in [3.05, 3.63) is 42.6 Å². The van der Waals surface area contributed by atoms with Gasteiger partial charge in [0.2, 0.25) is 11.8 Å². The van der Waals surface area contributed by atoms with Crippen LogP contribution in [0.1, 0.15) is 31.4 Å². The van der Waals surface area contributed by atoms with Gasteiger partial charge in [-0.05, 0) is 49.1 Å². The van der Waals surface area contributed by atoms with Crippen LogP contribution in [0.2, 0.25) is 0 Å². The van der Waals surface area contributed by atoms with Crippen molar-refractivity contribution in [1.29, 1.82) is 0 Å². The van der Waals surface area contributed by atoms with E-state index in [9.17, 15) is 13.6 Å². The largest absolute Gasteiger partial charge is 0.323 e. The van der Waals surface area contributed by atoms with Crippen molar-refractivity contribution in [2.75, 3.05) is 5.32 Å². The van der Waals surface area contributed by atoms with Crippen LogP contribution in [-0.4, -0.2) is 21.6 Å². The molecule has 0 unspecified atom stereocenters. The first kappa shape index (κ1) is 17.3. The van der Waals surface area contributed by atoms with Crippen molar-refractivity contribution in [1.82, 2.24) is 9.78 Å². The molecule has 0 saturated heterocycles. The number of carbonyl (C=O) groups is 1. The minimum absolute atomic E-state index is 0.0529. The third-order valence-corrected chi connectivity index (χ3v) is 4.62. The number of amides is 1. The van der Waals surface area contributed by atoms with Gasteiger partial charge in [0.05, 0.1) is 11.2 Å². The summed E-state index contributed by atoms with van der Waals surface area (Å²) in [6, 6.07) is 5.56. The van der Waals surface area contributed by atoms with Gasteiger partial charge in [0.1, 0.15) is 0 Å². The number of rotatable bonds is 4. The highest BCUT2D eigenvalue weighted by molar-refractivity contribution is 6.01. The van der Waals surface area contributed by atoms with Crippen molar-refractivity contribution in [2.45, 2.75) is 31.6 Å². The molecule has 0 bridgehead atoms. The van der Waals surface area contributed by atoms with E-state index in [1.54, 1.807) is 4.68 Å². The van der Waals surface area contributed by atoms with E-state index in [1.807, 2.05) is 37.4 Å². The Morgan fingerprint density at radius 2 is 2.12 bits per heavy atom. The van der Waals surface area contributed by atoms with Gasteiger partial charge in [-0.3, -0.25) is 9.48 Å². The summed E-state index contributed by atoms with van der Waals surface area (Å²) in [5, 5.41) is 8.13. The number of allylic oxidation sites excluding steroid dienone is 1. The number of hydrogen-bond donors (Lipinski definition) is 1. The fraction of sp³-hybridized carbons (Fsp3) is 0.368. The molecule has 2 aromatic rings. The Balaban J connectivity index is 1.83. The highest BCUT2D eigenvalue weighted by Crippen LogP contribution is 2.37. The Morgan fingerprint density at radius 3 is 2.80 bits per heavy atom. The van der Waals surface area contributed by atoms with Crippen molar-refractivity contribution in [3.63, 3.8) is 0 Å². The third-order valence-electron chi connectivity index (χ3n) is 4.62. The summed E-state index contributed by atoms with van der Waals surface area (Å²) in [7, 11) is 1.85. The summed E-state index contributed by atoms with van der Waals surface area (Å²) in [5.41, 5.74) is 2.37. The van der Waals surface area contributed by atoms with Crippen LogP contribution in [0.5, 0.6) is 0 Å². The summed E-state index contributed by atoms with van der Waals surface area (Å²) < 4.78 is 28.3. The number of hydrogen-bond acceptors (Lipinski definition) is 2. The van der Waals surface area contributed by atoms with Crippen LogP contribution >= 0.6 is 0 Å². The molecule has 132 valence electrons. The average Bonchev–Trinajstić information content (AvgIpc) is 2.89. The van der Waals surface area contributed by atoms with E-state index in [1.165, 1.54) is 6.08 Å². The molecule has 1 saturated carbocycles. The topological polar surface area (TPSA) is 46.9 Å². The van der Waals surface area contributed by atoms with E-state index < -0.39 is 5.92 Å². The van der Waals surface area contributed by atoms with Crippen LogP contribution in [0.3, 0.4) is 0 Å². The SMILES string of the molecule is C=CC(=O)Nc1ccc2c(c1)c(/C=C/C1CCC(F)(F)CC1)nn2C. The van der Waals surface area contributed by atoms with E-state index in [0.29, 0.717) is 18.5 Å². The van der Waals surface area contributed by atoms with Gasteiger partial charge in [-0.15, -0.1) is 0 Å². The predicted octanol–water partition coefficient (Wildman–Crippen LogP) is 4.54. The summed E-state index contributed by atoms with van der Waals surface area (Å²) in [6.07, 6.45) is 5.98. The number of alkyl halides is 2. The maximum Gasteiger partial charge on any atom is 0.248 e. The zero-order valence-electron chi connectivity index (χ0n) is 14.1. The van der Waals surface area contributed by atoms with Gasteiger partial charge in [0, 0.05) is 31.0 Å². The van der Waals surface area contributed by atoms with Gasteiger partial charge in [0.25, 0.3) is 0 Å². The van der Waals surface area contributed by atoms with Crippen LogP contribution in [-0.2, 0) is 11.8 Å². The van der Waals surface area contributed by atoms with E-state index in [2.05, 4.69) is 17.0 Å². The highest BCUT2D eigenvalue weighted by Gasteiger charge is 2.33. The minimum Gasteiger partial charge on any atom is -0.323 e. The number of nitrogens with zero attached hydrogens (tertiary/aromatic N) is 2. The second-order valence-electron chi connectivity index (χ2n) is 6.49. The van der Waals surface area contributed by atoms with Crippen molar-refractivity contribution < 1.29 is 13.6 Å². The van der Waals surface area contributed by atoms with Gasteiger partial charge in [-0.2, -0.15) is 5.10 Å². The second-order valence-corrected chi connectivity index (χ2v) is 6.49. The van der Waals surface area contributed by atoms with Gasteiger partial charge >= 0.3 is 0 Å². The van der Waals surface area contributed by atoms with E-state index in [0.717, 1.165) is 16.6 Å². The van der Waals surface area contributed by atoms with Crippen molar-refractivity contribution >= 4 is 28.6 Å². The number of aryl methyl sites for hydroxylation is 1. The van der Waals surface area contributed by atoms with Gasteiger partial charge in [0.15, 0.2) is 0 Å². The number of carbonyl (C=O) groups excluding carboxylic acids is 1. The van der Waals surface area contributed by atoms with E-state index in [4.69, 9.17) is 0 Å². The molecular weight excluding hydrogens is 324 g/mol.